The molecule has 152 valence electrons. The number of hydroxylamine groups is 2. The monoisotopic (exact) mass is 408 g/mol. The molecule has 0 aromatic rings. The number of nitrogens with one attached hydrogen (secondary N) is 1. The van der Waals surface area contributed by atoms with Crippen LogP contribution in [-0.4, -0.2) is 80.2 Å². The van der Waals surface area contributed by atoms with E-state index in [0.717, 1.165) is 4.90 Å². The standard InChI is InChI=1S/C14H21FN4O7S/c1-3-25-13(21)11(15)26-19-9-6-8(2)10(18(7-9)14(19)22)12(20)17-4-5-27(16,23)24/h6,9-11H,3-5,7H2,1-2H3,(H,17,20)(H2,16,23,24)/t9-,10+,11-/m1/s1. The lowest BCUT2D eigenvalue weighted by Gasteiger charge is -2.29. The first-order chi connectivity index (χ1) is 12.5. The van der Waals surface area contributed by atoms with Crippen LogP contribution in [0.3, 0.4) is 0 Å². The lowest BCUT2D eigenvalue weighted by Crippen LogP contribution is -2.50. The number of carbonyl (C=O) groups excluding carboxylic acids is 3. The molecule has 0 aromatic heterocycles. The molecule has 2 bridgehead atoms. The highest BCUT2D eigenvalue weighted by Gasteiger charge is 2.48. The molecule has 0 aromatic carbocycles. The zero-order chi connectivity index (χ0) is 20.4. The minimum atomic E-state index is -3.74. The Morgan fingerprint density at radius 3 is 2.74 bits per heavy atom. The Labute approximate surface area is 155 Å². The average molecular weight is 408 g/mol. The van der Waals surface area contributed by atoms with E-state index in [1.165, 1.54) is 6.92 Å². The van der Waals surface area contributed by atoms with Gasteiger partial charge in [-0.15, -0.1) is 0 Å². The van der Waals surface area contributed by atoms with Gasteiger partial charge in [-0.1, -0.05) is 6.08 Å². The van der Waals surface area contributed by atoms with Gasteiger partial charge in [0.15, 0.2) is 0 Å². The van der Waals surface area contributed by atoms with Crippen molar-refractivity contribution in [3.05, 3.63) is 11.6 Å². The molecule has 1 fully saturated rings. The number of halogens is 1. The third kappa shape index (κ3) is 4.93. The number of rotatable bonds is 8. The molecule has 2 aliphatic rings. The molecule has 0 unspecified atom stereocenters. The van der Waals surface area contributed by atoms with Crippen LogP contribution in [0.1, 0.15) is 13.8 Å². The van der Waals surface area contributed by atoms with E-state index < -0.39 is 52.1 Å². The Bertz CT molecular complexity index is 757. The van der Waals surface area contributed by atoms with Crippen molar-refractivity contribution in [1.29, 1.82) is 0 Å². The third-order valence-corrected chi connectivity index (χ3v) is 4.70. The summed E-state index contributed by atoms with van der Waals surface area (Å²) < 4.78 is 40.2. The quantitative estimate of drug-likeness (QED) is 0.371. The summed E-state index contributed by atoms with van der Waals surface area (Å²) in [6.45, 7) is 2.86. The van der Waals surface area contributed by atoms with E-state index in [4.69, 9.17) is 9.98 Å². The number of amides is 3. The smallest absolute Gasteiger partial charge is 0.370 e. The van der Waals surface area contributed by atoms with Gasteiger partial charge in [-0.2, -0.15) is 5.06 Å². The Morgan fingerprint density at radius 1 is 1.48 bits per heavy atom. The molecule has 0 saturated carbocycles. The van der Waals surface area contributed by atoms with Gasteiger partial charge in [-0.3, -0.25) is 4.79 Å². The van der Waals surface area contributed by atoms with E-state index in [0.29, 0.717) is 10.6 Å². The summed E-state index contributed by atoms with van der Waals surface area (Å²) in [6.07, 6.45) is -0.936. The minimum absolute atomic E-state index is 0.0407. The molecule has 2 aliphatic heterocycles. The summed E-state index contributed by atoms with van der Waals surface area (Å²) in [7, 11) is -3.74. The molecule has 0 aliphatic carbocycles. The highest BCUT2D eigenvalue weighted by atomic mass is 32.2. The number of primary sulfonamides is 1. The lowest BCUT2D eigenvalue weighted by molar-refractivity contribution is -0.223. The van der Waals surface area contributed by atoms with Gasteiger partial charge in [0.2, 0.25) is 15.9 Å². The van der Waals surface area contributed by atoms with Crippen LogP contribution in [-0.2, 0) is 29.2 Å². The largest absolute Gasteiger partial charge is 0.462 e. The van der Waals surface area contributed by atoms with Crippen LogP contribution in [0, 0.1) is 0 Å². The van der Waals surface area contributed by atoms with Crippen molar-refractivity contribution >= 4 is 27.9 Å². The first-order valence-electron chi connectivity index (χ1n) is 8.09. The minimum Gasteiger partial charge on any atom is -0.462 e. The van der Waals surface area contributed by atoms with Crippen molar-refractivity contribution in [3.8, 4) is 0 Å². The summed E-state index contributed by atoms with van der Waals surface area (Å²) in [5.41, 5.74) is 0.491. The first-order valence-corrected chi connectivity index (χ1v) is 9.80. The second kappa shape index (κ2) is 8.19. The molecular weight excluding hydrogens is 387 g/mol. The van der Waals surface area contributed by atoms with Gasteiger partial charge in [-0.05, 0) is 19.4 Å². The maximum atomic E-state index is 13.8. The number of urea groups is 1. The first kappa shape index (κ1) is 21.1. The highest BCUT2D eigenvalue weighted by Crippen LogP contribution is 2.30. The van der Waals surface area contributed by atoms with Crippen molar-refractivity contribution in [2.45, 2.75) is 32.3 Å². The summed E-state index contributed by atoms with van der Waals surface area (Å²) in [5, 5.41) is 7.94. The number of sulfonamides is 1. The zero-order valence-electron chi connectivity index (χ0n) is 14.8. The molecule has 2 rings (SSSR count). The van der Waals surface area contributed by atoms with E-state index in [2.05, 4.69) is 10.1 Å². The van der Waals surface area contributed by atoms with Crippen molar-refractivity contribution in [2.75, 3.05) is 25.4 Å². The number of carbonyl (C=O) groups is 3. The molecule has 0 radical (unpaired) electrons. The van der Waals surface area contributed by atoms with Gasteiger partial charge < -0.3 is 15.0 Å². The summed E-state index contributed by atoms with van der Waals surface area (Å²) in [4.78, 5) is 42.1. The Kier molecular flexibility index (Phi) is 6.38. The van der Waals surface area contributed by atoms with Gasteiger partial charge in [0, 0.05) is 6.54 Å². The van der Waals surface area contributed by atoms with Gasteiger partial charge in [0.1, 0.15) is 6.04 Å². The predicted octanol–water partition coefficient (Wildman–Crippen LogP) is -1.38. The van der Waals surface area contributed by atoms with Crippen LogP contribution in [0.5, 0.6) is 0 Å². The number of esters is 1. The third-order valence-electron chi connectivity index (χ3n) is 3.93. The zero-order valence-corrected chi connectivity index (χ0v) is 15.6. The highest BCUT2D eigenvalue weighted by molar-refractivity contribution is 7.89. The number of ether oxygens (including phenoxy) is 1. The fourth-order valence-corrected chi connectivity index (χ4v) is 3.22. The summed E-state index contributed by atoms with van der Waals surface area (Å²) in [5.74, 6) is -2.33. The van der Waals surface area contributed by atoms with Crippen molar-refractivity contribution in [2.24, 2.45) is 5.14 Å². The van der Waals surface area contributed by atoms with E-state index >= 15 is 0 Å². The van der Waals surface area contributed by atoms with Gasteiger partial charge >= 0.3 is 18.4 Å². The molecule has 27 heavy (non-hydrogen) atoms. The van der Waals surface area contributed by atoms with Crippen LogP contribution in [0.2, 0.25) is 0 Å². The van der Waals surface area contributed by atoms with Crippen LogP contribution in [0.4, 0.5) is 9.18 Å². The van der Waals surface area contributed by atoms with E-state index in [1.54, 1.807) is 13.0 Å². The van der Waals surface area contributed by atoms with Gasteiger partial charge in [-0.25, -0.2) is 32.4 Å². The van der Waals surface area contributed by atoms with Crippen LogP contribution < -0.4 is 10.5 Å². The van der Waals surface area contributed by atoms with Crippen molar-refractivity contribution in [1.82, 2.24) is 15.3 Å². The number of hydrogen-bond acceptors (Lipinski definition) is 7. The topological polar surface area (TPSA) is 148 Å². The van der Waals surface area contributed by atoms with Gasteiger partial charge in [0.05, 0.1) is 24.9 Å². The van der Waals surface area contributed by atoms with Crippen LogP contribution in [0.25, 0.3) is 0 Å². The predicted molar refractivity (Wildman–Crippen MR) is 88.9 cm³/mol. The molecule has 13 heteroatoms. The maximum absolute atomic E-state index is 13.8. The second-order valence-corrected chi connectivity index (χ2v) is 7.71. The fraction of sp³-hybridized carbons (Fsp3) is 0.643. The fourth-order valence-electron chi connectivity index (χ4n) is 2.83. The molecule has 2 heterocycles. The number of nitrogens with zero attached hydrogens (tertiary/aromatic N) is 2. The Morgan fingerprint density at radius 2 is 2.15 bits per heavy atom. The number of fused-ring (bicyclic) bond motifs is 2. The summed E-state index contributed by atoms with van der Waals surface area (Å²) in [6, 6.07) is -2.49. The molecule has 3 amide bonds. The van der Waals surface area contributed by atoms with Crippen LogP contribution >= 0.6 is 0 Å². The molecule has 3 N–H and O–H groups in total. The molecule has 0 spiro atoms. The number of alkyl halides is 1. The maximum Gasteiger partial charge on any atom is 0.370 e. The summed E-state index contributed by atoms with van der Waals surface area (Å²) >= 11 is 0. The normalized spacial score (nSPS) is 23.1. The number of hydrogen-bond donors (Lipinski definition) is 2. The lowest BCUT2D eigenvalue weighted by atomic mass is 10.00. The molecule has 1 saturated heterocycles. The SMILES string of the molecule is CCOC(=O)[C@H](F)ON1C(=O)N2C[C@H]1C=C(C)[C@H]2C(=O)NCCS(N)(=O)=O. The molecule has 3 atom stereocenters. The average Bonchev–Trinajstić information content (AvgIpc) is 2.79. The van der Waals surface area contributed by atoms with E-state index in [-0.39, 0.29) is 19.7 Å². The van der Waals surface area contributed by atoms with Crippen molar-refractivity contribution < 1.29 is 36.8 Å². The molecular formula is C14H21FN4O7S. The second-order valence-electron chi connectivity index (χ2n) is 5.97. The number of nitrogens with two attached hydrogens (primary N) is 1. The Balaban J connectivity index is 2.05. The van der Waals surface area contributed by atoms with Crippen molar-refractivity contribution in [3.63, 3.8) is 0 Å². The van der Waals surface area contributed by atoms with E-state index in [1.807, 2.05) is 0 Å². The van der Waals surface area contributed by atoms with E-state index in [9.17, 15) is 27.2 Å². The van der Waals surface area contributed by atoms with Crippen LogP contribution in [0.15, 0.2) is 11.6 Å². The van der Waals surface area contributed by atoms with Gasteiger partial charge in [0.25, 0.3) is 0 Å². The molecule has 11 nitrogen and oxygen atoms in total. The Hall–Kier alpha value is -2.25.